The van der Waals surface area contributed by atoms with Gasteiger partial charge in [-0.1, -0.05) is 29.3 Å². The lowest BCUT2D eigenvalue weighted by atomic mass is 10.2. The molecule has 0 aliphatic carbocycles. The first kappa shape index (κ1) is 13.6. The summed E-state index contributed by atoms with van der Waals surface area (Å²) in [6.07, 6.45) is 0. The van der Waals surface area contributed by atoms with E-state index in [0.29, 0.717) is 21.4 Å². The van der Waals surface area contributed by atoms with Gasteiger partial charge in [-0.05, 0) is 30.3 Å². The van der Waals surface area contributed by atoms with E-state index >= 15 is 0 Å². The Kier molecular flexibility index (Phi) is 4.24. The molecule has 0 saturated heterocycles. The summed E-state index contributed by atoms with van der Waals surface area (Å²) in [6, 6.07) is 11.2. The summed E-state index contributed by atoms with van der Waals surface area (Å²) in [4.78, 5) is 10.4. The molecule has 0 saturated carbocycles. The molecule has 0 amide bonds. The first-order valence-corrected chi connectivity index (χ1v) is 6.13. The molecular formula is C13H9Cl2NO3. The van der Waals surface area contributed by atoms with E-state index in [4.69, 9.17) is 27.9 Å². The number of hydrogen-bond acceptors (Lipinski definition) is 3. The SMILES string of the molecule is O=[N+]([O-])c1cccc(Cl)c1COc1ccc(Cl)cc1. The number of nitrogens with zero attached hydrogens (tertiary/aromatic N) is 1. The highest BCUT2D eigenvalue weighted by atomic mass is 35.5. The van der Waals surface area contributed by atoms with Gasteiger partial charge in [0.05, 0.1) is 15.5 Å². The molecule has 2 aromatic rings. The molecule has 19 heavy (non-hydrogen) atoms. The molecule has 0 aliphatic rings. The molecule has 0 aromatic heterocycles. The van der Waals surface area contributed by atoms with E-state index in [-0.39, 0.29) is 12.3 Å². The zero-order valence-corrected chi connectivity index (χ0v) is 11.2. The Hall–Kier alpha value is -1.78. The van der Waals surface area contributed by atoms with Gasteiger partial charge in [0.1, 0.15) is 12.4 Å². The summed E-state index contributed by atoms with van der Waals surface area (Å²) in [7, 11) is 0. The Balaban J connectivity index is 2.19. The third-order valence-corrected chi connectivity index (χ3v) is 3.09. The maximum atomic E-state index is 10.9. The summed E-state index contributed by atoms with van der Waals surface area (Å²) >= 11 is 11.7. The summed E-state index contributed by atoms with van der Waals surface area (Å²) < 4.78 is 5.47. The molecular weight excluding hydrogens is 289 g/mol. The Morgan fingerprint density at radius 2 is 1.79 bits per heavy atom. The molecule has 6 heteroatoms. The van der Waals surface area contributed by atoms with Crippen molar-refractivity contribution in [2.75, 3.05) is 0 Å². The average molecular weight is 298 g/mol. The summed E-state index contributed by atoms with van der Waals surface area (Å²) in [5, 5.41) is 11.8. The Morgan fingerprint density at radius 3 is 2.42 bits per heavy atom. The molecule has 0 aliphatic heterocycles. The van der Waals surface area contributed by atoms with E-state index in [9.17, 15) is 10.1 Å². The van der Waals surface area contributed by atoms with Crippen LogP contribution in [0.25, 0.3) is 0 Å². The van der Waals surface area contributed by atoms with Crippen molar-refractivity contribution < 1.29 is 9.66 Å². The predicted molar refractivity (Wildman–Crippen MR) is 73.9 cm³/mol. The van der Waals surface area contributed by atoms with Crippen molar-refractivity contribution in [3.8, 4) is 5.75 Å². The molecule has 0 unspecified atom stereocenters. The zero-order chi connectivity index (χ0) is 13.8. The van der Waals surface area contributed by atoms with Gasteiger partial charge in [0.25, 0.3) is 5.69 Å². The second-order valence-corrected chi connectivity index (χ2v) is 4.58. The highest BCUT2D eigenvalue weighted by molar-refractivity contribution is 6.31. The van der Waals surface area contributed by atoms with Gasteiger partial charge in [-0.3, -0.25) is 10.1 Å². The van der Waals surface area contributed by atoms with Crippen LogP contribution in [0.5, 0.6) is 5.75 Å². The van der Waals surface area contributed by atoms with Gasteiger partial charge >= 0.3 is 0 Å². The van der Waals surface area contributed by atoms with Crippen LogP contribution in [-0.4, -0.2) is 4.92 Å². The third kappa shape index (κ3) is 3.36. The quantitative estimate of drug-likeness (QED) is 0.617. The fourth-order valence-electron chi connectivity index (χ4n) is 1.55. The van der Waals surface area contributed by atoms with Crippen LogP contribution in [0.3, 0.4) is 0 Å². The van der Waals surface area contributed by atoms with Gasteiger partial charge in [0, 0.05) is 11.1 Å². The highest BCUT2D eigenvalue weighted by Gasteiger charge is 2.16. The minimum atomic E-state index is -0.480. The number of nitro benzene ring substituents is 1. The van der Waals surface area contributed by atoms with Crippen molar-refractivity contribution >= 4 is 28.9 Å². The Morgan fingerprint density at radius 1 is 1.11 bits per heavy atom. The van der Waals surface area contributed by atoms with Crippen molar-refractivity contribution in [2.45, 2.75) is 6.61 Å². The molecule has 2 aromatic carbocycles. The average Bonchev–Trinajstić information content (AvgIpc) is 2.39. The molecule has 2 rings (SSSR count). The molecule has 0 bridgehead atoms. The zero-order valence-electron chi connectivity index (χ0n) is 9.68. The fraction of sp³-hybridized carbons (Fsp3) is 0.0769. The largest absolute Gasteiger partial charge is 0.489 e. The topological polar surface area (TPSA) is 52.4 Å². The number of ether oxygens (including phenoxy) is 1. The minimum absolute atomic E-state index is 0.0254. The smallest absolute Gasteiger partial charge is 0.277 e. The minimum Gasteiger partial charge on any atom is -0.489 e. The van der Waals surface area contributed by atoms with Crippen LogP contribution in [0.1, 0.15) is 5.56 Å². The normalized spacial score (nSPS) is 10.2. The van der Waals surface area contributed by atoms with Gasteiger partial charge in [-0.15, -0.1) is 0 Å². The highest BCUT2D eigenvalue weighted by Crippen LogP contribution is 2.27. The van der Waals surface area contributed by atoms with Crippen LogP contribution in [0, 0.1) is 10.1 Å². The number of hydrogen-bond donors (Lipinski definition) is 0. The van der Waals surface area contributed by atoms with Gasteiger partial charge in [0.2, 0.25) is 0 Å². The van der Waals surface area contributed by atoms with Crippen LogP contribution in [-0.2, 0) is 6.61 Å². The van der Waals surface area contributed by atoms with Crippen LogP contribution in [0.15, 0.2) is 42.5 Å². The molecule has 0 spiro atoms. The molecule has 4 nitrogen and oxygen atoms in total. The maximum absolute atomic E-state index is 10.9. The first-order chi connectivity index (χ1) is 9.08. The van der Waals surface area contributed by atoms with E-state index < -0.39 is 4.92 Å². The Bertz CT molecular complexity index is 599. The van der Waals surface area contributed by atoms with Crippen molar-refractivity contribution in [2.24, 2.45) is 0 Å². The van der Waals surface area contributed by atoms with E-state index in [1.807, 2.05) is 0 Å². The van der Waals surface area contributed by atoms with E-state index in [1.54, 1.807) is 30.3 Å². The van der Waals surface area contributed by atoms with E-state index in [1.165, 1.54) is 12.1 Å². The lowest BCUT2D eigenvalue weighted by Crippen LogP contribution is -2.01. The van der Waals surface area contributed by atoms with Crippen molar-refractivity contribution in [3.05, 3.63) is 68.2 Å². The van der Waals surface area contributed by atoms with Crippen LogP contribution < -0.4 is 4.74 Å². The van der Waals surface area contributed by atoms with Crippen LogP contribution in [0.4, 0.5) is 5.69 Å². The van der Waals surface area contributed by atoms with Crippen molar-refractivity contribution in [1.82, 2.24) is 0 Å². The number of halogens is 2. The van der Waals surface area contributed by atoms with Crippen molar-refractivity contribution in [3.63, 3.8) is 0 Å². The van der Waals surface area contributed by atoms with Gasteiger partial charge < -0.3 is 4.74 Å². The first-order valence-electron chi connectivity index (χ1n) is 5.38. The molecule has 0 radical (unpaired) electrons. The number of rotatable bonds is 4. The van der Waals surface area contributed by atoms with Crippen LogP contribution >= 0.6 is 23.2 Å². The molecule has 98 valence electrons. The Labute approximate surface area is 119 Å². The van der Waals surface area contributed by atoms with Crippen molar-refractivity contribution in [1.29, 1.82) is 0 Å². The standard InChI is InChI=1S/C13H9Cl2NO3/c14-9-4-6-10(7-5-9)19-8-11-12(15)2-1-3-13(11)16(17)18/h1-7H,8H2. The molecule has 0 fully saturated rings. The van der Waals surface area contributed by atoms with E-state index in [2.05, 4.69) is 0 Å². The fourth-order valence-corrected chi connectivity index (χ4v) is 1.90. The molecule has 0 heterocycles. The summed E-state index contributed by atoms with van der Waals surface area (Å²) in [6.45, 7) is 0.0254. The number of nitro groups is 1. The molecule has 0 atom stereocenters. The lowest BCUT2D eigenvalue weighted by Gasteiger charge is -2.08. The maximum Gasteiger partial charge on any atom is 0.277 e. The predicted octanol–water partition coefficient (Wildman–Crippen LogP) is 4.48. The van der Waals surface area contributed by atoms with Gasteiger partial charge in [-0.2, -0.15) is 0 Å². The number of benzene rings is 2. The monoisotopic (exact) mass is 297 g/mol. The van der Waals surface area contributed by atoms with Gasteiger partial charge in [-0.25, -0.2) is 0 Å². The summed E-state index contributed by atoms with van der Waals surface area (Å²) in [5.41, 5.74) is 0.297. The van der Waals surface area contributed by atoms with E-state index in [0.717, 1.165) is 0 Å². The lowest BCUT2D eigenvalue weighted by molar-refractivity contribution is -0.385. The van der Waals surface area contributed by atoms with Crippen LogP contribution in [0.2, 0.25) is 10.0 Å². The molecule has 0 N–H and O–H groups in total. The second kappa shape index (κ2) is 5.91. The third-order valence-electron chi connectivity index (χ3n) is 2.49. The second-order valence-electron chi connectivity index (χ2n) is 3.74. The van der Waals surface area contributed by atoms with Gasteiger partial charge in [0.15, 0.2) is 0 Å². The summed E-state index contributed by atoms with van der Waals surface area (Å²) in [5.74, 6) is 0.568.